The van der Waals surface area contributed by atoms with E-state index in [9.17, 15) is 9.59 Å². The highest BCUT2D eigenvalue weighted by Gasteiger charge is 2.17. The van der Waals surface area contributed by atoms with Gasteiger partial charge in [0.2, 0.25) is 11.7 Å². The number of hydrogen-bond acceptors (Lipinski definition) is 5. The van der Waals surface area contributed by atoms with E-state index in [0.29, 0.717) is 30.1 Å². The Morgan fingerprint density at radius 2 is 1.75 bits per heavy atom. The molecule has 0 aromatic heterocycles. The molecule has 0 radical (unpaired) electrons. The standard InChI is InChI=1S/C17H25NO6/c1-11(5-10-15(20)21)18-14(19)9-7-12-6-8-13(22-2)17(24-4)16(12)23-3/h6,8,11H,5,7,9-10H2,1-4H3,(H,18,19)(H,20,21). The van der Waals surface area contributed by atoms with Gasteiger partial charge in [0.05, 0.1) is 21.3 Å². The molecule has 1 aromatic carbocycles. The molecule has 0 spiro atoms. The number of amides is 1. The molecule has 1 aromatic rings. The van der Waals surface area contributed by atoms with Crippen molar-refractivity contribution in [3.05, 3.63) is 17.7 Å². The van der Waals surface area contributed by atoms with Gasteiger partial charge in [-0.05, 0) is 31.4 Å². The van der Waals surface area contributed by atoms with Crippen LogP contribution in [0.5, 0.6) is 17.2 Å². The molecule has 0 heterocycles. The van der Waals surface area contributed by atoms with Crippen LogP contribution < -0.4 is 19.5 Å². The number of rotatable bonds is 10. The molecular weight excluding hydrogens is 314 g/mol. The van der Waals surface area contributed by atoms with Gasteiger partial charge in [0, 0.05) is 18.9 Å². The van der Waals surface area contributed by atoms with Crippen LogP contribution in [-0.2, 0) is 16.0 Å². The summed E-state index contributed by atoms with van der Waals surface area (Å²) in [5.74, 6) is 0.594. The van der Waals surface area contributed by atoms with Crippen LogP contribution >= 0.6 is 0 Å². The summed E-state index contributed by atoms with van der Waals surface area (Å²) in [6.07, 6.45) is 1.18. The van der Waals surface area contributed by atoms with Crippen molar-refractivity contribution in [2.24, 2.45) is 0 Å². The molecule has 1 rings (SSSR count). The van der Waals surface area contributed by atoms with Crippen molar-refractivity contribution < 1.29 is 28.9 Å². The number of benzene rings is 1. The Kier molecular flexibility index (Phi) is 7.88. The first kappa shape index (κ1) is 19.6. The van der Waals surface area contributed by atoms with Crippen LogP contribution in [0.2, 0.25) is 0 Å². The Labute approximate surface area is 141 Å². The van der Waals surface area contributed by atoms with Crippen LogP contribution in [0.25, 0.3) is 0 Å². The summed E-state index contributed by atoms with van der Waals surface area (Å²) in [5, 5.41) is 11.4. The predicted molar refractivity (Wildman–Crippen MR) is 88.9 cm³/mol. The summed E-state index contributed by atoms with van der Waals surface area (Å²) in [4.78, 5) is 22.5. The van der Waals surface area contributed by atoms with Crippen LogP contribution in [-0.4, -0.2) is 44.4 Å². The lowest BCUT2D eigenvalue weighted by Gasteiger charge is -2.16. The third-order valence-electron chi connectivity index (χ3n) is 3.61. The van der Waals surface area contributed by atoms with Crippen molar-refractivity contribution in [2.75, 3.05) is 21.3 Å². The number of carbonyl (C=O) groups excluding carboxylic acids is 1. The second kappa shape index (κ2) is 9.64. The van der Waals surface area contributed by atoms with Crippen molar-refractivity contribution in [1.29, 1.82) is 0 Å². The van der Waals surface area contributed by atoms with Gasteiger partial charge in [0.15, 0.2) is 11.5 Å². The van der Waals surface area contributed by atoms with E-state index in [1.165, 1.54) is 14.2 Å². The smallest absolute Gasteiger partial charge is 0.303 e. The van der Waals surface area contributed by atoms with Crippen molar-refractivity contribution in [2.45, 2.75) is 38.6 Å². The Hall–Kier alpha value is -2.44. The molecule has 0 aliphatic heterocycles. The SMILES string of the molecule is COc1ccc(CCC(=O)NC(C)CCC(=O)O)c(OC)c1OC. The normalized spacial score (nSPS) is 11.5. The van der Waals surface area contributed by atoms with E-state index in [1.54, 1.807) is 20.1 Å². The van der Waals surface area contributed by atoms with Gasteiger partial charge in [0.1, 0.15) is 0 Å². The third kappa shape index (κ3) is 5.64. The lowest BCUT2D eigenvalue weighted by Crippen LogP contribution is -2.33. The lowest BCUT2D eigenvalue weighted by molar-refractivity contribution is -0.137. The van der Waals surface area contributed by atoms with Gasteiger partial charge in [0.25, 0.3) is 0 Å². The van der Waals surface area contributed by atoms with Gasteiger partial charge < -0.3 is 24.6 Å². The van der Waals surface area contributed by atoms with E-state index in [1.807, 2.05) is 6.07 Å². The molecule has 0 aliphatic rings. The first-order valence-corrected chi connectivity index (χ1v) is 7.71. The fraction of sp³-hybridized carbons (Fsp3) is 0.529. The molecular formula is C17H25NO6. The van der Waals surface area contributed by atoms with Crippen LogP contribution in [0, 0.1) is 0 Å². The number of ether oxygens (including phenoxy) is 3. The van der Waals surface area contributed by atoms with E-state index >= 15 is 0 Å². The largest absolute Gasteiger partial charge is 0.493 e. The van der Waals surface area contributed by atoms with Crippen LogP contribution in [0.1, 0.15) is 31.7 Å². The summed E-state index contributed by atoms with van der Waals surface area (Å²) in [5.41, 5.74) is 0.837. The van der Waals surface area contributed by atoms with Crippen LogP contribution in [0.4, 0.5) is 0 Å². The van der Waals surface area contributed by atoms with E-state index < -0.39 is 5.97 Å². The van der Waals surface area contributed by atoms with Gasteiger partial charge in [-0.25, -0.2) is 0 Å². The maximum absolute atomic E-state index is 12.0. The zero-order chi connectivity index (χ0) is 18.1. The van der Waals surface area contributed by atoms with Gasteiger partial charge in [-0.2, -0.15) is 0 Å². The van der Waals surface area contributed by atoms with E-state index in [0.717, 1.165) is 5.56 Å². The summed E-state index contributed by atoms with van der Waals surface area (Å²) in [6, 6.07) is 3.42. The number of methoxy groups -OCH3 is 3. The fourth-order valence-corrected chi connectivity index (χ4v) is 2.37. The molecule has 7 heteroatoms. The zero-order valence-electron chi connectivity index (χ0n) is 14.5. The first-order valence-electron chi connectivity index (χ1n) is 7.71. The summed E-state index contributed by atoms with van der Waals surface area (Å²) in [7, 11) is 4.61. The van der Waals surface area contributed by atoms with Crippen LogP contribution in [0.3, 0.4) is 0 Å². The highest BCUT2D eigenvalue weighted by Crippen LogP contribution is 2.40. The molecule has 1 unspecified atom stereocenters. The highest BCUT2D eigenvalue weighted by atomic mass is 16.5. The Morgan fingerprint density at radius 3 is 2.29 bits per heavy atom. The second-order valence-corrected chi connectivity index (χ2v) is 5.39. The summed E-state index contributed by atoms with van der Waals surface area (Å²) < 4.78 is 15.9. The van der Waals surface area contributed by atoms with Crippen molar-refractivity contribution in [3.8, 4) is 17.2 Å². The van der Waals surface area contributed by atoms with E-state index in [-0.39, 0.29) is 24.8 Å². The maximum atomic E-state index is 12.0. The number of carbonyl (C=O) groups is 2. The zero-order valence-corrected chi connectivity index (χ0v) is 14.5. The molecule has 0 aliphatic carbocycles. The molecule has 7 nitrogen and oxygen atoms in total. The number of carboxylic acid groups (broad SMARTS) is 1. The predicted octanol–water partition coefficient (Wildman–Crippen LogP) is 2.01. The molecule has 24 heavy (non-hydrogen) atoms. The molecule has 2 N–H and O–H groups in total. The van der Waals surface area contributed by atoms with Crippen LogP contribution in [0.15, 0.2) is 12.1 Å². The van der Waals surface area contributed by atoms with E-state index in [2.05, 4.69) is 5.32 Å². The molecule has 1 amide bonds. The Balaban J connectivity index is 2.66. The van der Waals surface area contributed by atoms with Gasteiger partial charge in [-0.1, -0.05) is 6.07 Å². The molecule has 134 valence electrons. The number of nitrogens with one attached hydrogen (secondary N) is 1. The lowest BCUT2D eigenvalue weighted by atomic mass is 10.1. The summed E-state index contributed by atoms with van der Waals surface area (Å²) in [6.45, 7) is 1.79. The van der Waals surface area contributed by atoms with Gasteiger partial charge >= 0.3 is 5.97 Å². The van der Waals surface area contributed by atoms with Gasteiger partial charge in [-0.15, -0.1) is 0 Å². The highest BCUT2D eigenvalue weighted by molar-refractivity contribution is 5.77. The molecule has 0 saturated carbocycles. The fourth-order valence-electron chi connectivity index (χ4n) is 2.37. The molecule has 1 atom stereocenters. The second-order valence-electron chi connectivity index (χ2n) is 5.39. The average molecular weight is 339 g/mol. The minimum Gasteiger partial charge on any atom is -0.493 e. The minimum atomic E-state index is -0.869. The first-order chi connectivity index (χ1) is 11.4. The molecule has 0 saturated heterocycles. The number of carboxylic acids is 1. The van der Waals surface area contributed by atoms with Crippen molar-refractivity contribution in [1.82, 2.24) is 5.32 Å². The minimum absolute atomic E-state index is 0.0327. The van der Waals surface area contributed by atoms with E-state index in [4.69, 9.17) is 19.3 Å². The van der Waals surface area contributed by atoms with Crippen molar-refractivity contribution >= 4 is 11.9 Å². The maximum Gasteiger partial charge on any atom is 0.303 e. The van der Waals surface area contributed by atoms with Gasteiger partial charge in [-0.3, -0.25) is 9.59 Å². The number of aliphatic carboxylic acids is 1. The Morgan fingerprint density at radius 1 is 1.08 bits per heavy atom. The topological polar surface area (TPSA) is 94.1 Å². The third-order valence-corrected chi connectivity index (χ3v) is 3.61. The molecule has 0 bridgehead atoms. The molecule has 0 fully saturated rings. The van der Waals surface area contributed by atoms with Crippen molar-refractivity contribution in [3.63, 3.8) is 0 Å². The quantitative estimate of drug-likeness (QED) is 0.677. The number of aryl methyl sites for hydroxylation is 1. The Bertz CT molecular complexity index is 572. The average Bonchev–Trinajstić information content (AvgIpc) is 2.56. The monoisotopic (exact) mass is 339 g/mol. The number of hydrogen-bond donors (Lipinski definition) is 2. The summed E-state index contributed by atoms with van der Waals surface area (Å²) >= 11 is 0.